The number of halogens is 4. The van der Waals surface area contributed by atoms with Crippen molar-refractivity contribution < 1.29 is 27.5 Å². The fraction of sp³-hybridized carbons (Fsp3) is 0.333. The van der Waals surface area contributed by atoms with E-state index >= 15 is 0 Å². The minimum absolute atomic E-state index is 0.0944. The van der Waals surface area contributed by atoms with E-state index in [1.165, 1.54) is 25.3 Å². The van der Waals surface area contributed by atoms with Gasteiger partial charge in [0.15, 0.2) is 0 Å². The van der Waals surface area contributed by atoms with Crippen LogP contribution >= 0.6 is 11.6 Å². The molecule has 0 aromatic heterocycles. The van der Waals surface area contributed by atoms with Crippen LogP contribution in [-0.4, -0.2) is 36.9 Å². The van der Waals surface area contributed by atoms with Crippen molar-refractivity contribution in [2.24, 2.45) is 5.92 Å². The van der Waals surface area contributed by atoms with Gasteiger partial charge in [0, 0.05) is 29.7 Å². The van der Waals surface area contributed by atoms with Crippen molar-refractivity contribution in [1.82, 2.24) is 4.90 Å². The first-order valence-corrected chi connectivity index (χ1v) is 9.68. The van der Waals surface area contributed by atoms with Crippen LogP contribution in [0.5, 0.6) is 5.75 Å². The molecular weight excluding hydrogens is 421 g/mol. The van der Waals surface area contributed by atoms with E-state index in [-0.39, 0.29) is 17.5 Å². The largest absolute Gasteiger partial charge is 0.496 e. The van der Waals surface area contributed by atoms with Crippen LogP contribution < -0.4 is 10.1 Å². The number of hydrogen-bond acceptors (Lipinski definition) is 3. The average molecular weight is 441 g/mol. The van der Waals surface area contributed by atoms with E-state index in [1.54, 1.807) is 17.0 Å². The molecule has 0 radical (unpaired) electrons. The van der Waals surface area contributed by atoms with Crippen LogP contribution in [0.3, 0.4) is 0 Å². The highest BCUT2D eigenvalue weighted by molar-refractivity contribution is 6.31. The maximum atomic E-state index is 12.8. The number of likely N-dealkylation sites (tertiary alicyclic amines) is 1. The van der Waals surface area contributed by atoms with Crippen molar-refractivity contribution in [1.29, 1.82) is 0 Å². The summed E-state index contributed by atoms with van der Waals surface area (Å²) in [5, 5.41) is 2.96. The van der Waals surface area contributed by atoms with Gasteiger partial charge in [-0.2, -0.15) is 13.2 Å². The summed E-state index contributed by atoms with van der Waals surface area (Å²) in [6, 6.07) is 9.29. The predicted octanol–water partition coefficient (Wildman–Crippen LogP) is 4.86. The highest BCUT2D eigenvalue weighted by Gasteiger charge is 2.32. The number of carbonyl (C=O) groups excluding carboxylic acids is 2. The molecule has 1 fully saturated rings. The fourth-order valence-corrected chi connectivity index (χ4v) is 3.55. The fourth-order valence-electron chi connectivity index (χ4n) is 3.38. The first-order valence-electron chi connectivity index (χ1n) is 9.30. The number of benzene rings is 2. The molecule has 3 rings (SSSR count). The minimum atomic E-state index is -4.48. The molecule has 1 saturated heterocycles. The highest BCUT2D eigenvalue weighted by atomic mass is 35.5. The van der Waals surface area contributed by atoms with Crippen LogP contribution in [0.15, 0.2) is 42.5 Å². The second-order valence-electron chi connectivity index (χ2n) is 6.98. The Kier molecular flexibility index (Phi) is 6.55. The predicted molar refractivity (Wildman–Crippen MR) is 107 cm³/mol. The molecule has 30 heavy (non-hydrogen) atoms. The van der Waals surface area contributed by atoms with E-state index in [1.807, 2.05) is 0 Å². The summed E-state index contributed by atoms with van der Waals surface area (Å²) in [7, 11) is 1.46. The van der Waals surface area contributed by atoms with Gasteiger partial charge in [-0.15, -0.1) is 0 Å². The minimum Gasteiger partial charge on any atom is -0.496 e. The van der Waals surface area contributed by atoms with Crippen molar-refractivity contribution in [3.05, 3.63) is 58.6 Å². The van der Waals surface area contributed by atoms with Crippen molar-refractivity contribution in [2.45, 2.75) is 19.0 Å². The van der Waals surface area contributed by atoms with Crippen LogP contribution in [0, 0.1) is 5.92 Å². The number of anilines is 1. The number of rotatable bonds is 4. The Balaban J connectivity index is 1.61. The van der Waals surface area contributed by atoms with Gasteiger partial charge < -0.3 is 15.0 Å². The van der Waals surface area contributed by atoms with E-state index in [2.05, 4.69) is 5.32 Å². The smallest absolute Gasteiger partial charge is 0.416 e. The molecule has 5 nitrogen and oxygen atoms in total. The molecule has 0 saturated carbocycles. The number of alkyl halides is 3. The van der Waals surface area contributed by atoms with Gasteiger partial charge in [-0.1, -0.05) is 17.7 Å². The van der Waals surface area contributed by atoms with E-state index < -0.39 is 17.7 Å². The van der Waals surface area contributed by atoms with Gasteiger partial charge in [-0.3, -0.25) is 9.59 Å². The van der Waals surface area contributed by atoms with Crippen LogP contribution in [0.4, 0.5) is 18.9 Å². The summed E-state index contributed by atoms with van der Waals surface area (Å²) >= 11 is 5.99. The van der Waals surface area contributed by atoms with Crippen LogP contribution in [-0.2, 0) is 11.0 Å². The number of methoxy groups -OCH3 is 1. The molecule has 9 heteroatoms. The molecule has 2 aromatic carbocycles. The zero-order chi connectivity index (χ0) is 21.9. The van der Waals surface area contributed by atoms with Crippen molar-refractivity contribution in [3.8, 4) is 5.75 Å². The van der Waals surface area contributed by atoms with Crippen molar-refractivity contribution >= 4 is 29.1 Å². The molecule has 0 unspecified atom stereocenters. The maximum Gasteiger partial charge on any atom is 0.416 e. The van der Waals surface area contributed by atoms with Gasteiger partial charge in [0.25, 0.3) is 5.91 Å². The molecule has 2 amide bonds. The number of carbonyl (C=O) groups is 2. The standard InChI is InChI=1S/C21H20ClF3N2O3/c1-30-18-6-5-15(22)12-17(18)20(29)27-9-7-13(8-10-27)19(28)26-16-4-2-3-14(11-16)21(23,24)25/h2-6,11-13H,7-10H2,1H3,(H,26,28). The molecule has 0 aliphatic carbocycles. The lowest BCUT2D eigenvalue weighted by molar-refractivity contribution is -0.137. The quantitative estimate of drug-likeness (QED) is 0.738. The van der Waals surface area contributed by atoms with Gasteiger partial charge in [-0.05, 0) is 49.2 Å². The lowest BCUT2D eigenvalue weighted by Crippen LogP contribution is -2.41. The molecular formula is C21H20ClF3N2O3. The lowest BCUT2D eigenvalue weighted by atomic mass is 9.95. The molecule has 2 aromatic rings. The van der Waals surface area contributed by atoms with Gasteiger partial charge in [0.05, 0.1) is 18.2 Å². The Hall–Kier alpha value is -2.74. The number of ether oxygens (including phenoxy) is 1. The number of hydrogen-bond donors (Lipinski definition) is 1. The van der Waals surface area contributed by atoms with Gasteiger partial charge in [0.2, 0.25) is 5.91 Å². The average Bonchev–Trinajstić information content (AvgIpc) is 2.73. The SMILES string of the molecule is COc1ccc(Cl)cc1C(=O)N1CCC(C(=O)Nc2cccc(C(F)(F)F)c2)CC1. The number of piperidine rings is 1. The topological polar surface area (TPSA) is 58.6 Å². The zero-order valence-electron chi connectivity index (χ0n) is 16.1. The summed E-state index contributed by atoms with van der Waals surface area (Å²) in [5.74, 6) is -0.591. The number of nitrogens with zero attached hydrogens (tertiary/aromatic N) is 1. The Bertz CT molecular complexity index is 941. The van der Waals surface area contributed by atoms with Crippen LogP contribution in [0.1, 0.15) is 28.8 Å². The lowest BCUT2D eigenvalue weighted by Gasteiger charge is -2.31. The molecule has 0 atom stereocenters. The van der Waals surface area contributed by atoms with Crippen LogP contribution in [0.2, 0.25) is 5.02 Å². The number of nitrogens with one attached hydrogen (secondary N) is 1. The molecule has 1 aliphatic heterocycles. The zero-order valence-corrected chi connectivity index (χ0v) is 16.9. The van der Waals surface area contributed by atoms with Crippen LogP contribution in [0.25, 0.3) is 0 Å². The monoisotopic (exact) mass is 440 g/mol. The Labute approximate surface area is 176 Å². The van der Waals surface area contributed by atoms with E-state index in [0.29, 0.717) is 42.3 Å². The van der Waals surface area contributed by atoms with E-state index in [9.17, 15) is 22.8 Å². The first kappa shape index (κ1) is 22.0. The molecule has 0 bridgehead atoms. The highest BCUT2D eigenvalue weighted by Crippen LogP contribution is 2.31. The molecule has 1 aliphatic rings. The Morgan fingerprint density at radius 3 is 2.47 bits per heavy atom. The second-order valence-corrected chi connectivity index (χ2v) is 7.42. The summed E-state index contributed by atoms with van der Waals surface area (Å²) in [6.45, 7) is 0.685. The number of amides is 2. The normalized spacial score (nSPS) is 15.0. The Morgan fingerprint density at radius 2 is 1.83 bits per heavy atom. The Morgan fingerprint density at radius 1 is 1.13 bits per heavy atom. The maximum absolute atomic E-state index is 12.8. The summed E-state index contributed by atoms with van der Waals surface area (Å²) in [6.07, 6.45) is -3.67. The van der Waals surface area contributed by atoms with Crippen molar-refractivity contribution in [2.75, 3.05) is 25.5 Å². The van der Waals surface area contributed by atoms with Gasteiger partial charge in [0.1, 0.15) is 5.75 Å². The second kappa shape index (κ2) is 8.95. The third kappa shape index (κ3) is 5.05. The molecule has 1 N–H and O–H groups in total. The summed E-state index contributed by atoms with van der Waals surface area (Å²) < 4.78 is 43.7. The van der Waals surface area contributed by atoms with E-state index in [0.717, 1.165) is 12.1 Å². The van der Waals surface area contributed by atoms with Crippen molar-refractivity contribution in [3.63, 3.8) is 0 Å². The molecule has 160 valence electrons. The first-order chi connectivity index (χ1) is 14.2. The molecule has 0 spiro atoms. The van der Waals surface area contributed by atoms with E-state index in [4.69, 9.17) is 16.3 Å². The third-order valence-corrected chi connectivity index (χ3v) is 5.24. The summed E-state index contributed by atoms with van der Waals surface area (Å²) in [4.78, 5) is 26.9. The van der Waals surface area contributed by atoms with Gasteiger partial charge in [-0.25, -0.2) is 0 Å². The summed E-state index contributed by atoms with van der Waals surface area (Å²) in [5.41, 5.74) is -0.384. The third-order valence-electron chi connectivity index (χ3n) is 5.00. The van der Waals surface area contributed by atoms with Gasteiger partial charge >= 0.3 is 6.18 Å². The molecule has 1 heterocycles.